The lowest BCUT2D eigenvalue weighted by atomic mass is 9.98. The van der Waals surface area contributed by atoms with Crippen LogP contribution in [0.15, 0.2) is 42.6 Å². The maximum atomic E-state index is 5.67. The molecule has 0 radical (unpaired) electrons. The zero-order chi connectivity index (χ0) is 12.3. The predicted octanol–water partition coefficient (Wildman–Crippen LogP) is 2.25. The van der Waals surface area contributed by atoms with Crippen molar-refractivity contribution < 1.29 is 0 Å². The lowest BCUT2D eigenvalue weighted by molar-refractivity contribution is 0.617. The Morgan fingerprint density at radius 3 is 2.59 bits per heavy atom. The molecule has 1 aromatic carbocycles. The summed E-state index contributed by atoms with van der Waals surface area (Å²) in [7, 11) is 0. The molecule has 1 heterocycles. The zero-order valence-electron chi connectivity index (χ0n) is 10.1. The van der Waals surface area contributed by atoms with Gasteiger partial charge in [-0.1, -0.05) is 24.3 Å². The van der Waals surface area contributed by atoms with E-state index < -0.39 is 0 Å². The molecule has 0 aliphatic heterocycles. The van der Waals surface area contributed by atoms with Crippen molar-refractivity contribution in [3.63, 3.8) is 0 Å². The van der Waals surface area contributed by atoms with Gasteiger partial charge in [0, 0.05) is 6.20 Å². The van der Waals surface area contributed by atoms with Gasteiger partial charge in [0.2, 0.25) is 0 Å². The summed E-state index contributed by atoms with van der Waals surface area (Å²) in [6.45, 7) is 4.13. The highest BCUT2D eigenvalue weighted by molar-refractivity contribution is 5.34. The molecule has 17 heavy (non-hydrogen) atoms. The third-order valence-electron chi connectivity index (χ3n) is 2.90. The Bertz CT molecular complexity index is 508. The third kappa shape index (κ3) is 2.52. The Hall–Kier alpha value is -1.71. The average Bonchev–Trinajstić information content (AvgIpc) is 2.33. The van der Waals surface area contributed by atoms with E-state index in [-0.39, 0.29) is 6.04 Å². The first-order chi connectivity index (χ1) is 8.22. The lowest BCUT2D eigenvalue weighted by Crippen LogP contribution is -2.30. The quantitative estimate of drug-likeness (QED) is 0.624. The number of aryl methyl sites for hydroxylation is 2. The molecule has 1 atom stereocenters. The molecule has 0 amide bonds. The summed E-state index contributed by atoms with van der Waals surface area (Å²) < 4.78 is 0. The van der Waals surface area contributed by atoms with Crippen molar-refractivity contribution in [2.75, 3.05) is 0 Å². The van der Waals surface area contributed by atoms with Crippen LogP contribution >= 0.6 is 0 Å². The second-order valence-corrected chi connectivity index (χ2v) is 4.21. The number of nitrogens with zero attached hydrogens (tertiary/aromatic N) is 1. The van der Waals surface area contributed by atoms with Gasteiger partial charge in [-0.2, -0.15) is 0 Å². The summed E-state index contributed by atoms with van der Waals surface area (Å²) in [4.78, 5) is 4.39. The average molecular weight is 227 g/mol. The second kappa shape index (κ2) is 5.08. The van der Waals surface area contributed by atoms with Gasteiger partial charge in [0.05, 0.1) is 11.7 Å². The summed E-state index contributed by atoms with van der Waals surface area (Å²) in [5.41, 5.74) is 7.34. The van der Waals surface area contributed by atoms with E-state index in [9.17, 15) is 0 Å². The van der Waals surface area contributed by atoms with E-state index in [1.54, 1.807) is 0 Å². The van der Waals surface area contributed by atoms with Gasteiger partial charge in [-0.05, 0) is 42.7 Å². The number of nitrogens with one attached hydrogen (secondary N) is 1. The predicted molar refractivity (Wildman–Crippen MR) is 69.3 cm³/mol. The zero-order valence-corrected chi connectivity index (χ0v) is 10.1. The summed E-state index contributed by atoms with van der Waals surface area (Å²) in [6.07, 6.45) is 1.81. The first kappa shape index (κ1) is 11.8. The fraction of sp³-hybridized carbons (Fsp3) is 0.214. The fourth-order valence-electron chi connectivity index (χ4n) is 1.96. The molecular weight excluding hydrogens is 210 g/mol. The number of aromatic nitrogens is 1. The second-order valence-electron chi connectivity index (χ2n) is 4.21. The molecule has 2 aromatic rings. The monoisotopic (exact) mass is 227 g/mol. The minimum atomic E-state index is -0.0592. The Morgan fingerprint density at radius 2 is 1.94 bits per heavy atom. The van der Waals surface area contributed by atoms with Crippen LogP contribution < -0.4 is 11.3 Å². The highest BCUT2D eigenvalue weighted by atomic mass is 15.2. The molecule has 3 heteroatoms. The first-order valence-corrected chi connectivity index (χ1v) is 5.66. The molecule has 0 saturated carbocycles. The normalized spacial score (nSPS) is 12.4. The van der Waals surface area contributed by atoms with Gasteiger partial charge in [-0.3, -0.25) is 10.8 Å². The smallest absolute Gasteiger partial charge is 0.0884 e. The molecule has 2 rings (SSSR count). The Labute approximate surface area is 102 Å². The molecule has 0 fully saturated rings. The molecule has 0 spiro atoms. The molecule has 1 unspecified atom stereocenters. The molecule has 0 saturated heterocycles. The molecule has 0 aliphatic rings. The van der Waals surface area contributed by atoms with Crippen LogP contribution in [-0.2, 0) is 0 Å². The SMILES string of the molecule is Cc1ccnc(C(NN)c2ccccc2C)c1. The van der Waals surface area contributed by atoms with Gasteiger partial charge >= 0.3 is 0 Å². The topological polar surface area (TPSA) is 50.9 Å². The Balaban J connectivity index is 2.44. The number of hydrogen-bond acceptors (Lipinski definition) is 3. The van der Waals surface area contributed by atoms with Gasteiger partial charge in [-0.25, -0.2) is 5.43 Å². The van der Waals surface area contributed by atoms with Crippen molar-refractivity contribution in [3.8, 4) is 0 Å². The van der Waals surface area contributed by atoms with E-state index in [1.807, 2.05) is 24.4 Å². The van der Waals surface area contributed by atoms with Crippen molar-refractivity contribution >= 4 is 0 Å². The van der Waals surface area contributed by atoms with Crippen molar-refractivity contribution in [1.82, 2.24) is 10.4 Å². The number of benzene rings is 1. The first-order valence-electron chi connectivity index (χ1n) is 5.66. The van der Waals surface area contributed by atoms with Crippen LogP contribution in [0, 0.1) is 13.8 Å². The number of pyridine rings is 1. The van der Waals surface area contributed by atoms with Crippen molar-refractivity contribution in [2.45, 2.75) is 19.9 Å². The molecule has 0 bridgehead atoms. The Morgan fingerprint density at radius 1 is 1.18 bits per heavy atom. The van der Waals surface area contributed by atoms with Crippen LogP contribution in [0.3, 0.4) is 0 Å². The van der Waals surface area contributed by atoms with Crippen molar-refractivity contribution in [3.05, 3.63) is 65.0 Å². The van der Waals surface area contributed by atoms with E-state index in [1.165, 1.54) is 11.1 Å². The van der Waals surface area contributed by atoms with Crippen molar-refractivity contribution in [2.24, 2.45) is 5.84 Å². The van der Waals surface area contributed by atoms with Gasteiger partial charge in [-0.15, -0.1) is 0 Å². The fourth-order valence-corrected chi connectivity index (χ4v) is 1.96. The summed E-state index contributed by atoms with van der Waals surface area (Å²) in [5, 5.41) is 0. The van der Waals surface area contributed by atoms with Crippen LogP contribution in [-0.4, -0.2) is 4.98 Å². The van der Waals surface area contributed by atoms with Gasteiger partial charge < -0.3 is 0 Å². The van der Waals surface area contributed by atoms with Crippen LogP contribution in [0.2, 0.25) is 0 Å². The number of rotatable bonds is 3. The van der Waals surface area contributed by atoms with Crippen LogP contribution in [0.5, 0.6) is 0 Å². The van der Waals surface area contributed by atoms with Crippen LogP contribution in [0.4, 0.5) is 0 Å². The van der Waals surface area contributed by atoms with E-state index in [4.69, 9.17) is 5.84 Å². The number of hydrogen-bond donors (Lipinski definition) is 2. The van der Waals surface area contributed by atoms with Gasteiger partial charge in [0.25, 0.3) is 0 Å². The molecular formula is C14H17N3. The number of hydrazine groups is 1. The summed E-state index contributed by atoms with van der Waals surface area (Å²) in [6, 6.07) is 12.2. The van der Waals surface area contributed by atoms with E-state index in [0.29, 0.717) is 0 Å². The lowest BCUT2D eigenvalue weighted by Gasteiger charge is -2.18. The number of nitrogens with two attached hydrogens (primary N) is 1. The van der Waals surface area contributed by atoms with E-state index in [0.717, 1.165) is 11.3 Å². The molecule has 88 valence electrons. The molecule has 1 aromatic heterocycles. The highest BCUT2D eigenvalue weighted by Gasteiger charge is 2.15. The van der Waals surface area contributed by atoms with Crippen LogP contribution in [0.1, 0.15) is 28.4 Å². The highest BCUT2D eigenvalue weighted by Crippen LogP contribution is 2.22. The largest absolute Gasteiger partial charge is 0.271 e. The minimum Gasteiger partial charge on any atom is -0.271 e. The van der Waals surface area contributed by atoms with Crippen LogP contribution in [0.25, 0.3) is 0 Å². The molecule has 0 aliphatic carbocycles. The standard InChI is InChI=1S/C14H17N3/c1-10-7-8-16-13(9-10)14(17-15)12-6-4-3-5-11(12)2/h3-9,14,17H,15H2,1-2H3. The maximum absolute atomic E-state index is 5.67. The molecule has 3 nitrogen and oxygen atoms in total. The van der Waals surface area contributed by atoms with E-state index >= 15 is 0 Å². The Kier molecular flexibility index (Phi) is 3.52. The molecule has 3 N–H and O–H groups in total. The summed E-state index contributed by atoms with van der Waals surface area (Å²) in [5.74, 6) is 5.67. The summed E-state index contributed by atoms with van der Waals surface area (Å²) >= 11 is 0. The van der Waals surface area contributed by atoms with Crippen molar-refractivity contribution in [1.29, 1.82) is 0 Å². The maximum Gasteiger partial charge on any atom is 0.0884 e. The minimum absolute atomic E-state index is 0.0592. The van der Waals surface area contributed by atoms with Gasteiger partial charge in [0.1, 0.15) is 0 Å². The van der Waals surface area contributed by atoms with Gasteiger partial charge in [0.15, 0.2) is 0 Å². The third-order valence-corrected chi connectivity index (χ3v) is 2.90. The van der Waals surface area contributed by atoms with E-state index in [2.05, 4.69) is 42.5 Å².